The van der Waals surface area contributed by atoms with E-state index < -0.39 is 0 Å². The lowest BCUT2D eigenvalue weighted by atomic mass is 9.97. The van der Waals surface area contributed by atoms with Crippen LogP contribution in [0.4, 0.5) is 0 Å². The summed E-state index contributed by atoms with van der Waals surface area (Å²) in [5.41, 5.74) is 1.09. The van der Waals surface area contributed by atoms with E-state index in [0.29, 0.717) is 37.6 Å². The molecular formula is C18H25ClN2O3. The van der Waals surface area contributed by atoms with Crippen LogP contribution < -0.4 is 5.32 Å². The first-order valence-electron chi connectivity index (χ1n) is 8.44. The highest BCUT2D eigenvalue weighted by Crippen LogP contribution is 2.19. The van der Waals surface area contributed by atoms with E-state index in [9.17, 15) is 9.59 Å². The molecule has 1 saturated heterocycles. The minimum absolute atomic E-state index is 0.0677. The van der Waals surface area contributed by atoms with Crippen LogP contribution in [-0.2, 0) is 14.3 Å². The van der Waals surface area contributed by atoms with Crippen molar-refractivity contribution in [3.8, 4) is 0 Å². The monoisotopic (exact) mass is 352 g/mol. The van der Waals surface area contributed by atoms with E-state index in [2.05, 4.69) is 5.32 Å². The van der Waals surface area contributed by atoms with Gasteiger partial charge in [0, 0.05) is 24.2 Å². The van der Waals surface area contributed by atoms with Crippen molar-refractivity contribution in [3.05, 3.63) is 34.9 Å². The number of halogens is 1. The molecular weight excluding hydrogens is 328 g/mol. The van der Waals surface area contributed by atoms with Gasteiger partial charge in [0.05, 0.1) is 19.1 Å². The highest BCUT2D eigenvalue weighted by atomic mass is 35.5. The first kappa shape index (κ1) is 18.7. The maximum Gasteiger partial charge on any atom is 0.309 e. The molecule has 1 amide bonds. The zero-order valence-corrected chi connectivity index (χ0v) is 15.0. The molecule has 0 aromatic heterocycles. The standard InChI is InChI=1S/C18H25ClN2O3/c1-3-24-18(23)15-8-10-21(11-9-15)17(22)12-20-13(2)14-4-6-16(19)7-5-14/h4-7,13,15,20H,3,8-12H2,1-2H3. The van der Waals surface area contributed by atoms with Crippen LogP contribution in [0.3, 0.4) is 0 Å². The summed E-state index contributed by atoms with van der Waals surface area (Å²) in [7, 11) is 0. The number of ether oxygens (including phenoxy) is 1. The molecule has 2 rings (SSSR count). The summed E-state index contributed by atoms with van der Waals surface area (Å²) in [6, 6.07) is 7.67. The zero-order valence-electron chi connectivity index (χ0n) is 14.3. The number of rotatable bonds is 6. The van der Waals surface area contributed by atoms with E-state index in [0.717, 1.165) is 5.56 Å². The summed E-state index contributed by atoms with van der Waals surface area (Å²) in [5.74, 6) is -0.146. The van der Waals surface area contributed by atoms with Gasteiger partial charge in [0.2, 0.25) is 5.91 Å². The Balaban J connectivity index is 1.75. The summed E-state index contributed by atoms with van der Waals surface area (Å²) in [6.45, 7) is 5.74. The number of benzene rings is 1. The number of amides is 1. The largest absolute Gasteiger partial charge is 0.466 e. The van der Waals surface area contributed by atoms with Crippen LogP contribution >= 0.6 is 11.6 Å². The number of piperidine rings is 1. The molecule has 0 aliphatic carbocycles. The molecule has 1 aromatic rings. The van der Waals surface area contributed by atoms with Gasteiger partial charge in [-0.25, -0.2) is 0 Å². The van der Waals surface area contributed by atoms with Gasteiger partial charge < -0.3 is 15.0 Å². The SMILES string of the molecule is CCOC(=O)C1CCN(C(=O)CNC(C)c2ccc(Cl)cc2)CC1. The lowest BCUT2D eigenvalue weighted by Gasteiger charge is -2.31. The number of hydrogen-bond donors (Lipinski definition) is 1. The third-order valence-corrected chi connectivity index (χ3v) is 4.65. The molecule has 1 heterocycles. The molecule has 132 valence electrons. The fraction of sp³-hybridized carbons (Fsp3) is 0.556. The predicted molar refractivity (Wildman–Crippen MR) is 93.8 cm³/mol. The Labute approximate surface area is 148 Å². The molecule has 6 heteroatoms. The van der Waals surface area contributed by atoms with Gasteiger partial charge >= 0.3 is 5.97 Å². The Morgan fingerprint density at radius 2 is 1.92 bits per heavy atom. The Hall–Kier alpha value is -1.59. The van der Waals surface area contributed by atoms with E-state index in [1.54, 1.807) is 0 Å². The van der Waals surface area contributed by atoms with Crippen molar-refractivity contribution >= 4 is 23.5 Å². The minimum atomic E-state index is -0.140. The van der Waals surface area contributed by atoms with Gasteiger partial charge in [-0.2, -0.15) is 0 Å². The van der Waals surface area contributed by atoms with Crippen LogP contribution in [0, 0.1) is 5.92 Å². The fourth-order valence-electron chi connectivity index (χ4n) is 2.85. The summed E-state index contributed by atoms with van der Waals surface area (Å²) >= 11 is 5.89. The highest BCUT2D eigenvalue weighted by molar-refractivity contribution is 6.30. The van der Waals surface area contributed by atoms with Crippen molar-refractivity contribution in [2.75, 3.05) is 26.2 Å². The highest BCUT2D eigenvalue weighted by Gasteiger charge is 2.28. The second-order valence-electron chi connectivity index (χ2n) is 6.06. The molecule has 1 fully saturated rings. The number of likely N-dealkylation sites (tertiary alicyclic amines) is 1. The average Bonchev–Trinajstić information content (AvgIpc) is 2.60. The van der Waals surface area contributed by atoms with Crippen LogP contribution in [0.15, 0.2) is 24.3 Å². The van der Waals surface area contributed by atoms with Crippen LogP contribution in [0.1, 0.15) is 38.3 Å². The van der Waals surface area contributed by atoms with E-state index >= 15 is 0 Å². The Morgan fingerprint density at radius 1 is 1.29 bits per heavy atom. The van der Waals surface area contributed by atoms with Crippen molar-refractivity contribution in [2.45, 2.75) is 32.7 Å². The van der Waals surface area contributed by atoms with E-state index in [1.807, 2.05) is 43.0 Å². The molecule has 0 saturated carbocycles. The minimum Gasteiger partial charge on any atom is -0.466 e. The first-order chi connectivity index (χ1) is 11.5. The van der Waals surface area contributed by atoms with Crippen LogP contribution in [0.25, 0.3) is 0 Å². The van der Waals surface area contributed by atoms with Gasteiger partial charge in [0.1, 0.15) is 0 Å². The number of hydrogen-bond acceptors (Lipinski definition) is 4. The predicted octanol–water partition coefficient (Wildman–Crippen LogP) is 2.79. The van der Waals surface area contributed by atoms with Crippen molar-refractivity contribution in [1.29, 1.82) is 0 Å². The van der Waals surface area contributed by atoms with Crippen molar-refractivity contribution in [2.24, 2.45) is 5.92 Å². The third kappa shape index (κ3) is 5.21. The Kier molecular flexibility index (Phi) is 7.06. The molecule has 24 heavy (non-hydrogen) atoms. The summed E-state index contributed by atoms with van der Waals surface area (Å²) in [4.78, 5) is 25.9. The van der Waals surface area contributed by atoms with Gasteiger partial charge in [0.15, 0.2) is 0 Å². The molecule has 1 aromatic carbocycles. The van der Waals surface area contributed by atoms with Gasteiger partial charge in [-0.1, -0.05) is 23.7 Å². The quantitative estimate of drug-likeness (QED) is 0.800. The topological polar surface area (TPSA) is 58.6 Å². The number of carbonyl (C=O) groups is 2. The number of nitrogens with one attached hydrogen (secondary N) is 1. The van der Waals surface area contributed by atoms with E-state index in [4.69, 9.17) is 16.3 Å². The van der Waals surface area contributed by atoms with Crippen LogP contribution in [-0.4, -0.2) is 43.0 Å². The summed E-state index contributed by atoms with van der Waals surface area (Å²) < 4.78 is 5.05. The molecule has 5 nitrogen and oxygen atoms in total. The van der Waals surface area contributed by atoms with Gasteiger partial charge in [0.25, 0.3) is 0 Å². The molecule has 1 atom stereocenters. The zero-order chi connectivity index (χ0) is 17.5. The molecule has 1 N–H and O–H groups in total. The number of esters is 1. The van der Waals surface area contributed by atoms with Gasteiger partial charge in [-0.05, 0) is 44.4 Å². The van der Waals surface area contributed by atoms with E-state index in [1.165, 1.54) is 0 Å². The average molecular weight is 353 g/mol. The number of nitrogens with zero attached hydrogens (tertiary/aromatic N) is 1. The van der Waals surface area contributed by atoms with Crippen LogP contribution in [0.5, 0.6) is 0 Å². The first-order valence-corrected chi connectivity index (χ1v) is 8.82. The lowest BCUT2D eigenvalue weighted by molar-refractivity contribution is -0.151. The molecule has 1 aliphatic rings. The summed E-state index contributed by atoms with van der Waals surface area (Å²) in [5, 5.41) is 3.94. The fourth-order valence-corrected chi connectivity index (χ4v) is 2.97. The second kappa shape index (κ2) is 9.04. The Morgan fingerprint density at radius 3 is 2.50 bits per heavy atom. The molecule has 1 unspecified atom stereocenters. The second-order valence-corrected chi connectivity index (χ2v) is 6.50. The van der Waals surface area contributed by atoms with Crippen molar-refractivity contribution in [3.63, 3.8) is 0 Å². The third-order valence-electron chi connectivity index (χ3n) is 4.40. The van der Waals surface area contributed by atoms with Crippen molar-refractivity contribution < 1.29 is 14.3 Å². The maximum atomic E-state index is 12.3. The van der Waals surface area contributed by atoms with Crippen LogP contribution in [0.2, 0.25) is 5.02 Å². The van der Waals surface area contributed by atoms with E-state index in [-0.39, 0.29) is 30.4 Å². The molecule has 1 aliphatic heterocycles. The maximum absolute atomic E-state index is 12.3. The smallest absolute Gasteiger partial charge is 0.309 e. The molecule has 0 spiro atoms. The molecule has 0 bridgehead atoms. The van der Waals surface area contributed by atoms with Crippen molar-refractivity contribution in [1.82, 2.24) is 10.2 Å². The normalized spacial score (nSPS) is 16.7. The molecule has 0 radical (unpaired) electrons. The lowest BCUT2D eigenvalue weighted by Crippen LogP contribution is -2.44. The van der Waals surface area contributed by atoms with Gasteiger partial charge in [-0.15, -0.1) is 0 Å². The number of carbonyl (C=O) groups excluding carboxylic acids is 2. The van der Waals surface area contributed by atoms with Gasteiger partial charge in [-0.3, -0.25) is 9.59 Å². The Bertz CT molecular complexity index is 554. The summed E-state index contributed by atoms with van der Waals surface area (Å²) in [6.07, 6.45) is 1.36.